The highest BCUT2D eigenvalue weighted by Gasteiger charge is 2.05. The van der Waals surface area contributed by atoms with Crippen LogP contribution in [0.3, 0.4) is 0 Å². The van der Waals surface area contributed by atoms with E-state index in [1.165, 1.54) is 0 Å². The summed E-state index contributed by atoms with van der Waals surface area (Å²) in [7, 11) is 0. The maximum atomic E-state index is 11.4. The summed E-state index contributed by atoms with van der Waals surface area (Å²) in [6.07, 6.45) is 0. The Bertz CT molecular complexity index is 607. The van der Waals surface area contributed by atoms with Crippen molar-refractivity contribution in [1.29, 1.82) is 0 Å². The highest BCUT2D eigenvalue weighted by atomic mass is 16.4. The van der Waals surface area contributed by atoms with Gasteiger partial charge in [-0.2, -0.15) is 0 Å². The van der Waals surface area contributed by atoms with Crippen molar-refractivity contribution in [2.24, 2.45) is 0 Å². The molecular formula is C10H9NO3. The smallest absolute Gasteiger partial charge is 0.409 e. The van der Waals surface area contributed by atoms with Crippen molar-refractivity contribution in [3.63, 3.8) is 0 Å². The molecule has 2 aromatic rings. The number of hydrogen-bond donors (Lipinski definition) is 1. The fourth-order valence-electron chi connectivity index (χ4n) is 1.58. The summed E-state index contributed by atoms with van der Waals surface area (Å²) in [5, 5.41) is 0.440. The molecule has 0 bridgehead atoms. The molecule has 0 unspecified atom stereocenters. The Labute approximate surface area is 79.2 Å². The quantitative estimate of drug-likeness (QED) is 0.678. The highest BCUT2D eigenvalue weighted by Crippen LogP contribution is 2.14. The summed E-state index contributed by atoms with van der Waals surface area (Å²) >= 11 is 0. The molecule has 14 heavy (non-hydrogen) atoms. The monoisotopic (exact) mass is 191 g/mol. The number of benzene rings is 1. The van der Waals surface area contributed by atoms with Crippen LogP contribution in [-0.4, -0.2) is 4.98 Å². The Hall–Kier alpha value is -1.84. The molecule has 0 aliphatic rings. The summed E-state index contributed by atoms with van der Waals surface area (Å²) in [5.74, 6) is -0.715. The van der Waals surface area contributed by atoms with Gasteiger partial charge in [-0.15, -0.1) is 0 Å². The molecule has 0 radical (unpaired) electrons. The van der Waals surface area contributed by atoms with Crippen molar-refractivity contribution in [2.75, 3.05) is 0 Å². The van der Waals surface area contributed by atoms with Crippen molar-refractivity contribution in [2.45, 2.75) is 13.8 Å². The number of nitrogens with one attached hydrogen (secondary N) is 1. The number of rotatable bonds is 0. The number of fused-ring (bicyclic) bond motifs is 1. The minimum atomic E-state index is -0.715. The predicted octanol–water partition coefficient (Wildman–Crippen LogP) is 1.10. The number of H-pyrrole nitrogens is 1. The highest BCUT2D eigenvalue weighted by molar-refractivity contribution is 5.79. The van der Waals surface area contributed by atoms with E-state index in [1.807, 2.05) is 19.9 Å². The Morgan fingerprint density at radius 3 is 2.64 bits per heavy atom. The standard InChI is InChI=1S/C10H9NO3/c1-5-3-6(2)8-7(4-5)14-10(13)11-9(8)12/h3-4H,1-2H3,(H,11,12,13). The molecule has 1 N–H and O–H groups in total. The Morgan fingerprint density at radius 2 is 1.93 bits per heavy atom. The molecule has 0 fully saturated rings. The van der Waals surface area contributed by atoms with Gasteiger partial charge in [0.15, 0.2) is 0 Å². The molecule has 0 atom stereocenters. The zero-order chi connectivity index (χ0) is 10.3. The van der Waals surface area contributed by atoms with E-state index in [0.29, 0.717) is 11.0 Å². The average Bonchev–Trinajstić information content (AvgIpc) is 1.99. The lowest BCUT2D eigenvalue weighted by Gasteiger charge is -2.00. The zero-order valence-electron chi connectivity index (χ0n) is 7.88. The molecule has 2 rings (SSSR count). The number of aryl methyl sites for hydroxylation is 2. The van der Waals surface area contributed by atoms with E-state index >= 15 is 0 Å². The summed E-state index contributed by atoms with van der Waals surface area (Å²) in [5.41, 5.74) is 1.72. The number of aromatic amines is 1. The summed E-state index contributed by atoms with van der Waals surface area (Å²) in [6.45, 7) is 3.69. The third-order valence-electron chi connectivity index (χ3n) is 2.09. The molecule has 4 nitrogen and oxygen atoms in total. The van der Waals surface area contributed by atoms with Crippen LogP contribution in [0.15, 0.2) is 26.1 Å². The van der Waals surface area contributed by atoms with Crippen LogP contribution in [0.2, 0.25) is 0 Å². The molecule has 4 heteroatoms. The molecule has 1 aromatic carbocycles. The van der Waals surface area contributed by atoms with E-state index < -0.39 is 11.3 Å². The second kappa shape index (κ2) is 2.83. The van der Waals surface area contributed by atoms with Gasteiger partial charge < -0.3 is 4.42 Å². The van der Waals surface area contributed by atoms with Crippen LogP contribution in [0, 0.1) is 13.8 Å². The minimum absolute atomic E-state index is 0.344. The molecule has 72 valence electrons. The third-order valence-corrected chi connectivity index (χ3v) is 2.09. The van der Waals surface area contributed by atoms with Crippen molar-refractivity contribution in [1.82, 2.24) is 4.98 Å². The summed E-state index contributed by atoms with van der Waals surface area (Å²) < 4.78 is 4.89. The van der Waals surface area contributed by atoms with E-state index in [1.54, 1.807) is 6.07 Å². The molecule has 0 saturated heterocycles. The fourth-order valence-corrected chi connectivity index (χ4v) is 1.58. The van der Waals surface area contributed by atoms with Gasteiger partial charge in [0.25, 0.3) is 5.56 Å². The Kier molecular flexibility index (Phi) is 1.77. The van der Waals surface area contributed by atoms with Crippen LogP contribution in [-0.2, 0) is 0 Å². The van der Waals surface area contributed by atoms with Gasteiger partial charge in [-0.1, -0.05) is 6.07 Å². The third kappa shape index (κ3) is 1.25. The lowest BCUT2D eigenvalue weighted by Crippen LogP contribution is -2.18. The van der Waals surface area contributed by atoms with Gasteiger partial charge >= 0.3 is 5.76 Å². The van der Waals surface area contributed by atoms with Crippen molar-refractivity contribution < 1.29 is 4.42 Å². The molecule has 0 amide bonds. The topological polar surface area (TPSA) is 63.1 Å². The Balaban J connectivity index is 3.10. The molecular weight excluding hydrogens is 182 g/mol. The van der Waals surface area contributed by atoms with Crippen LogP contribution in [0.4, 0.5) is 0 Å². The molecule has 0 aliphatic heterocycles. The zero-order valence-corrected chi connectivity index (χ0v) is 7.88. The maximum absolute atomic E-state index is 11.4. The van der Waals surface area contributed by atoms with Gasteiger partial charge in [0.2, 0.25) is 0 Å². The van der Waals surface area contributed by atoms with Gasteiger partial charge in [0, 0.05) is 0 Å². The molecule has 0 saturated carbocycles. The second-order valence-electron chi connectivity index (χ2n) is 3.30. The van der Waals surface area contributed by atoms with Gasteiger partial charge in [-0.25, -0.2) is 4.79 Å². The minimum Gasteiger partial charge on any atom is -0.409 e. The van der Waals surface area contributed by atoms with Crippen LogP contribution < -0.4 is 11.3 Å². The van der Waals surface area contributed by atoms with E-state index in [4.69, 9.17) is 4.42 Å². The fraction of sp³-hybridized carbons (Fsp3) is 0.200. The van der Waals surface area contributed by atoms with E-state index in [-0.39, 0.29) is 0 Å². The number of hydrogen-bond acceptors (Lipinski definition) is 3. The van der Waals surface area contributed by atoms with Crippen LogP contribution in [0.1, 0.15) is 11.1 Å². The first kappa shape index (κ1) is 8.74. The molecule has 0 aliphatic carbocycles. The van der Waals surface area contributed by atoms with E-state index in [2.05, 4.69) is 4.98 Å². The van der Waals surface area contributed by atoms with Crippen molar-refractivity contribution in [3.05, 3.63) is 44.2 Å². The second-order valence-corrected chi connectivity index (χ2v) is 3.30. The van der Waals surface area contributed by atoms with Gasteiger partial charge in [-0.3, -0.25) is 9.78 Å². The van der Waals surface area contributed by atoms with Crippen molar-refractivity contribution in [3.8, 4) is 0 Å². The number of aromatic nitrogens is 1. The van der Waals surface area contributed by atoms with Crippen molar-refractivity contribution >= 4 is 11.0 Å². The normalized spacial score (nSPS) is 10.7. The first-order valence-corrected chi connectivity index (χ1v) is 4.22. The summed E-state index contributed by atoms with van der Waals surface area (Å²) in [4.78, 5) is 24.4. The van der Waals surface area contributed by atoms with Gasteiger partial charge in [0.1, 0.15) is 5.58 Å². The van der Waals surface area contributed by atoms with Crippen LogP contribution in [0.25, 0.3) is 11.0 Å². The average molecular weight is 191 g/mol. The Morgan fingerprint density at radius 1 is 1.21 bits per heavy atom. The predicted molar refractivity (Wildman–Crippen MR) is 52.6 cm³/mol. The van der Waals surface area contributed by atoms with Gasteiger partial charge in [-0.05, 0) is 31.0 Å². The summed E-state index contributed by atoms with van der Waals surface area (Å²) in [6, 6.07) is 3.55. The molecule has 1 aromatic heterocycles. The first-order valence-electron chi connectivity index (χ1n) is 4.22. The van der Waals surface area contributed by atoms with Gasteiger partial charge in [0.05, 0.1) is 5.39 Å². The lowest BCUT2D eigenvalue weighted by atomic mass is 10.1. The largest absolute Gasteiger partial charge is 0.419 e. The van der Waals surface area contributed by atoms with Crippen LogP contribution in [0.5, 0.6) is 0 Å². The first-order chi connectivity index (χ1) is 6.58. The maximum Gasteiger partial charge on any atom is 0.419 e. The van der Waals surface area contributed by atoms with Crippen LogP contribution >= 0.6 is 0 Å². The molecule has 1 heterocycles. The lowest BCUT2D eigenvalue weighted by molar-refractivity contribution is 0.527. The van der Waals surface area contributed by atoms with E-state index in [9.17, 15) is 9.59 Å². The van der Waals surface area contributed by atoms with E-state index in [0.717, 1.165) is 11.1 Å². The SMILES string of the molecule is Cc1cc(C)c2c(=O)[nH]c(=O)oc2c1. The molecule has 0 spiro atoms.